The summed E-state index contributed by atoms with van der Waals surface area (Å²) in [6, 6.07) is 0. The van der Waals surface area contributed by atoms with Gasteiger partial charge in [-0.3, -0.25) is 0 Å². The summed E-state index contributed by atoms with van der Waals surface area (Å²) in [7, 11) is 3.99. The molecule has 4 heteroatoms. The monoisotopic (exact) mass is 157 g/mol. The molecule has 0 heterocycles. The van der Waals surface area contributed by atoms with E-state index in [0.717, 1.165) is 13.2 Å². The third kappa shape index (κ3) is 9.21. The van der Waals surface area contributed by atoms with Crippen LogP contribution in [0.15, 0.2) is 0 Å². The Kier molecular flexibility index (Phi) is 6.79. The van der Waals surface area contributed by atoms with Gasteiger partial charge in [-0.2, -0.15) is 5.26 Å². The van der Waals surface area contributed by atoms with E-state index in [-0.39, 0.29) is 0 Å². The van der Waals surface area contributed by atoms with Crippen LogP contribution in [0, 0.1) is 11.5 Å². The molecule has 0 bridgehead atoms. The first-order chi connectivity index (χ1) is 5.27. The minimum Gasteiger partial charge on any atom is -0.378 e. The van der Waals surface area contributed by atoms with Crippen LogP contribution >= 0.6 is 0 Å². The predicted molar refractivity (Wildman–Crippen MR) is 43.0 cm³/mol. The second-order valence-electron chi connectivity index (χ2n) is 2.45. The van der Waals surface area contributed by atoms with Crippen molar-refractivity contribution in [1.82, 2.24) is 10.2 Å². The van der Waals surface area contributed by atoms with Crippen LogP contribution in [-0.2, 0) is 4.74 Å². The van der Waals surface area contributed by atoms with Crippen molar-refractivity contribution in [3.8, 4) is 6.19 Å². The van der Waals surface area contributed by atoms with Crippen molar-refractivity contribution in [1.29, 1.82) is 5.26 Å². The normalized spacial score (nSPS) is 9.64. The van der Waals surface area contributed by atoms with E-state index in [1.807, 2.05) is 20.3 Å². The predicted octanol–water partition coefficient (Wildman–Crippen LogP) is -0.365. The van der Waals surface area contributed by atoms with Gasteiger partial charge in [-0.1, -0.05) is 0 Å². The quantitative estimate of drug-likeness (QED) is 0.325. The highest BCUT2D eigenvalue weighted by atomic mass is 16.5. The standard InChI is InChI=1S/C7H15N3O/c1-10(2)4-6-11-5-3-9-7-8/h9H,3-6H2,1-2H3. The summed E-state index contributed by atoms with van der Waals surface area (Å²) in [4.78, 5) is 2.05. The molecule has 0 rings (SSSR count). The second kappa shape index (κ2) is 7.32. The van der Waals surface area contributed by atoms with E-state index >= 15 is 0 Å². The SMILES string of the molecule is CN(C)CCOCCNC#N. The molecule has 11 heavy (non-hydrogen) atoms. The van der Waals surface area contributed by atoms with Gasteiger partial charge in [0.25, 0.3) is 0 Å². The number of nitriles is 1. The van der Waals surface area contributed by atoms with Crippen molar-refractivity contribution >= 4 is 0 Å². The van der Waals surface area contributed by atoms with Gasteiger partial charge in [-0.05, 0) is 14.1 Å². The van der Waals surface area contributed by atoms with E-state index in [4.69, 9.17) is 10.00 Å². The molecular formula is C7H15N3O. The lowest BCUT2D eigenvalue weighted by Gasteiger charge is -2.08. The molecule has 0 aliphatic carbocycles. The Balaban J connectivity index is 2.86. The maximum absolute atomic E-state index is 8.09. The Morgan fingerprint density at radius 2 is 2.18 bits per heavy atom. The number of ether oxygens (including phenoxy) is 1. The van der Waals surface area contributed by atoms with Crippen LogP contribution < -0.4 is 5.32 Å². The lowest BCUT2D eigenvalue weighted by atomic mass is 10.6. The smallest absolute Gasteiger partial charge is 0.176 e. The van der Waals surface area contributed by atoms with Crippen LogP contribution in [0.1, 0.15) is 0 Å². The molecule has 0 aromatic carbocycles. The summed E-state index contributed by atoms with van der Waals surface area (Å²) in [5.41, 5.74) is 0. The highest BCUT2D eigenvalue weighted by Gasteiger charge is 1.89. The second-order valence-corrected chi connectivity index (χ2v) is 2.45. The molecule has 0 saturated heterocycles. The molecule has 0 radical (unpaired) electrons. The van der Waals surface area contributed by atoms with E-state index in [1.165, 1.54) is 0 Å². The Bertz CT molecular complexity index is 119. The van der Waals surface area contributed by atoms with Gasteiger partial charge in [0.2, 0.25) is 0 Å². The largest absolute Gasteiger partial charge is 0.378 e. The van der Waals surface area contributed by atoms with Gasteiger partial charge < -0.3 is 15.0 Å². The number of nitrogens with one attached hydrogen (secondary N) is 1. The first kappa shape index (κ1) is 10.2. The van der Waals surface area contributed by atoms with Crippen molar-refractivity contribution in [3.05, 3.63) is 0 Å². The summed E-state index contributed by atoms with van der Waals surface area (Å²) in [5, 5.41) is 10.6. The van der Waals surface area contributed by atoms with Gasteiger partial charge in [-0.25, -0.2) is 0 Å². The molecule has 0 atom stereocenters. The fourth-order valence-electron chi connectivity index (χ4n) is 0.528. The number of nitrogens with zero attached hydrogens (tertiary/aromatic N) is 2. The Morgan fingerprint density at radius 1 is 1.45 bits per heavy atom. The lowest BCUT2D eigenvalue weighted by Crippen LogP contribution is -2.21. The Hall–Kier alpha value is -0.790. The van der Waals surface area contributed by atoms with Crippen molar-refractivity contribution in [2.75, 3.05) is 40.4 Å². The zero-order valence-electron chi connectivity index (χ0n) is 7.13. The maximum Gasteiger partial charge on any atom is 0.176 e. The molecule has 0 aromatic heterocycles. The van der Waals surface area contributed by atoms with E-state index in [0.29, 0.717) is 13.2 Å². The number of rotatable bonds is 6. The zero-order valence-corrected chi connectivity index (χ0v) is 7.13. The van der Waals surface area contributed by atoms with Gasteiger partial charge in [0, 0.05) is 13.1 Å². The molecular weight excluding hydrogens is 142 g/mol. The van der Waals surface area contributed by atoms with E-state index in [1.54, 1.807) is 0 Å². The molecule has 0 aliphatic rings. The summed E-state index contributed by atoms with van der Waals surface area (Å²) in [5.74, 6) is 0. The molecule has 64 valence electrons. The van der Waals surface area contributed by atoms with Gasteiger partial charge in [0.05, 0.1) is 13.2 Å². The van der Waals surface area contributed by atoms with Crippen molar-refractivity contribution in [2.45, 2.75) is 0 Å². The fourth-order valence-corrected chi connectivity index (χ4v) is 0.528. The third-order valence-corrected chi connectivity index (χ3v) is 1.13. The van der Waals surface area contributed by atoms with Gasteiger partial charge in [0.1, 0.15) is 0 Å². The molecule has 1 N–H and O–H groups in total. The van der Waals surface area contributed by atoms with Crippen molar-refractivity contribution < 1.29 is 4.74 Å². The molecule has 0 amide bonds. The third-order valence-electron chi connectivity index (χ3n) is 1.13. The molecule has 0 fully saturated rings. The van der Waals surface area contributed by atoms with Gasteiger partial charge >= 0.3 is 0 Å². The number of hydrogen-bond acceptors (Lipinski definition) is 4. The summed E-state index contributed by atoms with van der Waals surface area (Å²) >= 11 is 0. The van der Waals surface area contributed by atoms with E-state index in [9.17, 15) is 0 Å². The molecule has 0 unspecified atom stereocenters. The Morgan fingerprint density at radius 3 is 2.73 bits per heavy atom. The summed E-state index contributed by atoms with van der Waals surface area (Å²) in [6.07, 6.45) is 1.83. The van der Waals surface area contributed by atoms with Crippen molar-refractivity contribution in [3.63, 3.8) is 0 Å². The van der Waals surface area contributed by atoms with Crippen LogP contribution in [0.5, 0.6) is 0 Å². The molecule has 0 saturated carbocycles. The number of hydrogen-bond donors (Lipinski definition) is 1. The van der Waals surface area contributed by atoms with E-state index in [2.05, 4.69) is 10.2 Å². The van der Waals surface area contributed by atoms with Crippen molar-refractivity contribution in [2.24, 2.45) is 0 Å². The lowest BCUT2D eigenvalue weighted by molar-refractivity contribution is 0.121. The van der Waals surface area contributed by atoms with E-state index < -0.39 is 0 Å². The minimum atomic E-state index is 0.599. The average molecular weight is 157 g/mol. The summed E-state index contributed by atoms with van der Waals surface area (Å²) < 4.78 is 5.19. The van der Waals surface area contributed by atoms with Crippen LogP contribution in [0.25, 0.3) is 0 Å². The molecule has 4 nitrogen and oxygen atoms in total. The van der Waals surface area contributed by atoms with Gasteiger partial charge in [0.15, 0.2) is 6.19 Å². The highest BCUT2D eigenvalue weighted by molar-refractivity contribution is 4.63. The minimum absolute atomic E-state index is 0.599. The molecule has 0 aliphatic heterocycles. The van der Waals surface area contributed by atoms with Crippen LogP contribution in [-0.4, -0.2) is 45.3 Å². The maximum atomic E-state index is 8.09. The summed E-state index contributed by atoms with van der Waals surface area (Å²) in [6.45, 7) is 2.85. The van der Waals surface area contributed by atoms with Crippen LogP contribution in [0.2, 0.25) is 0 Å². The van der Waals surface area contributed by atoms with Gasteiger partial charge in [-0.15, -0.1) is 0 Å². The fraction of sp³-hybridized carbons (Fsp3) is 0.857. The molecule has 0 aromatic rings. The molecule has 0 spiro atoms. The van der Waals surface area contributed by atoms with Crippen LogP contribution in [0.3, 0.4) is 0 Å². The highest BCUT2D eigenvalue weighted by Crippen LogP contribution is 1.76. The van der Waals surface area contributed by atoms with Crippen LogP contribution in [0.4, 0.5) is 0 Å². The Labute approximate surface area is 67.7 Å². The average Bonchev–Trinajstić information content (AvgIpc) is 1.96. The number of likely N-dealkylation sites (N-methyl/N-ethyl adjacent to an activating group) is 1. The first-order valence-electron chi connectivity index (χ1n) is 3.62. The topological polar surface area (TPSA) is 48.3 Å². The first-order valence-corrected chi connectivity index (χ1v) is 3.62. The zero-order chi connectivity index (χ0) is 8.53.